The van der Waals surface area contributed by atoms with E-state index in [0.29, 0.717) is 0 Å². The normalized spacial score (nSPS) is 23.2. The molecule has 1 unspecified atom stereocenters. The summed E-state index contributed by atoms with van der Waals surface area (Å²) < 4.78 is 37.0. The number of amides is 1. The van der Waals surface area contributed by atoms with Gasteiger partial charge in [-0.05, 0) is 18.9 Å². The molecule has 1 saturated heterocycles. The number of halogens is 2. The molecule has 1 saturated carbocycles. The molecule has 0 radical (unpaired) electrons. The van der Waals surface area contributed by atoms with Crippen LogP contribution >= 0.6 is 0 Å². The van der Waals surface area contributed by atoms with Gasteiger partial charge in [-0.2, -0.15) is 0 Å². The summed E-state index contributed by atoms with van der Waals surface area (Å²) in [6.07, 6.45) is -1.09. The van der Waals surface area contributed by atoms with Crippen LogP contribution < -0.4 is 0 Å². The number of hydrogen-bond acceptors (Lipinski definition) is 4. The molecule has 1 atom stereocenters. The van der Waals surface area contributed by atoms with Gasteiger partial charge in [-0.1, -0.05) is 30.3 Å². The van der Waals surface area contributed by atoms with Gasteiger partial charge in [-0.3, -0.25) is 4.90 Å². The fourth-order valence-electron chi connectivity index (χ4n) is 3.80. The Morgan fingerprint density at radius 2 is 1.88 bits per heavy atom. The third-order valence-corrected chi connectivity index (χ3v) is 4.77. The zero-order valence-corrected chi connectivity index (χ0v) is 14.0. The lowest BCUT2D eigenvalue weighted by Gasteiger charge is -2.44. The van der Waals surface area contributed by atoms with Crippen molar-refractivity contribution >= 4 is 12.1 Å². The molecule has 7 heteroatoms. The van der Waals surface area contributed by atoms with Crippen LogP contribution in [-0.2, 0) is 20.9 Å². The van der Waals surface area contributed by atoms with E-state index in [4.69, 9.17) is 9.47 Å². The summed E-state index contributed by atoms with van der Waals surface area (Å²) >= 11 is 0. The maximum atomic E-state index is 13.4. The number of ether oxygens (including phenoxy) is 2. The fraction of sp³-hybridized carbons (Fsp3) is 0.556. The lowest BCUT2D eigenvalue weighted by atomic mass is 9.65. The van der Waals surface area contributed by atoms with Crippen LogP contribution in [0.15, 0.2) is 30.3 Å². The molecule has 1 aliphatic carbocycles. The summed E-state index contributed by atoms with van der Waals surface area (Å²) in [6.45, 7) is 2.00. The first-order valence-corrected chi connectivity index (χ1v) is 8.36. The van der Waals surface area contributed by atoms with Gasteiger partial charge in [0.05, 0.1) is 6.61 Å². The highest BCUT2D eigenvalue weighted by Gasteiger charge is 2.63. The molecule has 136 valence electrons. The van der Waals surface area contributed by atoms with Crippen molar-refractivity contribution < 1.29 is 27.8 Å². The molecule has 1 heterocycles. The number of esters is 1. The smallest absolute Gasteiger partial charge is 0.410 e. The van der Waals surface area contributed by atoms with Crippen LogP contribution in [0.25, 0.3) is 0 Å². The van der Waals surface area contributed by atoms with Gasteiger partial charge in [0.1, 0.15) is 12.6 Å². The second kappa shape index (κ2) is 6.61. The van der Waals surface area contributed by atoms with E-state index >= 15 is 0 Å². The van der Waals surface area contributed by atoms with Crippen molar-refractivity contribution in [1.29, 1.82) is 0 Å². The number of alkyl halides is 2. The van der Waals surface area contributed by atoms with E-state index < -0.39 is 29.4 Å². The lowest BCUT2D eigenvalue weighted by molar-refractivity contribution is -0.158. The summed E-state index contributed by atoms with van der Waals surface area (Å²) in [4.78, 5) is 25.8. The standard InChI is InChI=1S/C18H21F2NO4/c1-2-24-15(22)14-8-17(10-18(19,20)11-17)12-21(14)16(23)25-9-13-6-4-3-5-7-13/h3-7,14H,2,8-12H2,1H3. The van der Waals surface area contributed by atoms with Crippen molar-refractivity contribution in [3.8, 4) is 0 Å². The number of carbonyl (C=O) groups is 2. The monoisotopic (exact) mass is 353 g/mol. The highest BCUT2D eigenvalue weighted by Crippen LogP contribution is 2.58. The second-order valence-corrected chi connectivity index (χ2v) is 6.85. The van der Waals surface area contributed by atoms with Gasteiger partial charge >= 0.3 is 12.1 Å². The first-order valence-electron chi connectivity index (χ1n) is 8.36. The third-order valence-electron chi connectivity index (χ3n) is 4.77. The minimum absolute atomic E-state index is 0.0644. The van der Waals surface area contributed by atoms with Crippen molar-refractivity contribution in [3.05, 3.63) is 35.9 Å². The third kappa shape index (κ3) is 3.75. The van der Waals surface area contributed by atoms with Crippen molar-refractivity contribution in [1.82, 2.24) is 4.90 Å². The summed E-state index contributed by atoms with van der Waals surface area (Å²) in [6, 6.07) is 8.27. The zero-order valence-electron chi connectivity index (χ0n) is 14.0. The molecule has 25 heavy (non-hydrogen) atoms. The van der Waals surface area contributed by atoms with E-state index in [2.05, 4.69) is 0 Å². The minimum Gasteiger partial charge on any atom is -0.464 e. The van der Waals surface area contributed by atoms with Crippen molar-refractivity contribution in [2.45, 2.75) is 44.8 Å². The molecule has 1 aliphatic heterocycles. The fourth-order valence-corrected chi connectivity index (χ4v) is 3.80. The van der Waals surface area contributed by atoms with Gasteiger partial charge in [0.2, 0.25) is 5.92 Å². The van der Waals surface area contributed by atoms with Crippen LogP contribution in [0, 0.1) is 5.41 Å². The Balaban J connectivity index is 1.67. The van der Waals surface area contributed by atoms with E-state index in [-0.39, 0.29) is 39.0 Å². The molecule has 5 nitrogen and oxygen atoms in total. The van der Waals surface area contributed by atoms with Crippen LogP contribution in [-0.4, -0.2) is 42.1 Å². The van der Waals surface area contributed by atoms with E-state index in [1.807, 2.05) is 30.3 Å². The molecule has 2 fully saturated rings. The topological polar surface area (TPSA) is 55.8 Å². The number of likely N-dealkylation sites (tertiary alicyclic amines) is 1. The Morgan fingerprint density at radius 1 is 1.20 bits per heavy atom. The second-order valence-electron chi connectivity index (χ2n) is 6.85. The molecule has 1 amide bonds. The van der Waals surface area contributed by atoms with Gasteiger partial charge < -0.3 is 9.47 Å². The Labute approximate surface area is 144 Å². The quantitative estimate of drug-likeness (QED) is 0.779. The predicted octanol–water partition coefficient (Wildman–Crippen LogP) is 3.38. The van der Waals surface area contributed by atoms with E-state index in [9.17, 15) is 18.4 Å². The number of nitrogens with zero attached hydrogens (tertiary/aromatic N) is 1. The minimum atomic E-state index is -2.72. The lowest BCUT2D eigenvalue weighted by Crippen LogP contribution is -2.48. The molecular formula is C18H21F2NO4. The van der Waals surface area contributed by atoms with Crippen LogP contribution in [0.3, 0.4) is 0 Å². The summed E-state index contributed by atoms with van der Waals surface area (Å²) in [7, 11) is 0. The van der Waals surface area contributed by atoms with E-state index in [1.54, 1.807) is 6.92 Å². The Morgan fingerprint density at radius 3 is 2.48 bits per heavy atom. The van der Waals surface area contributed by atoms with Gasteiger partial charge in [-0.15, -0.1) is 0 Å². The molecule has 1 aromatic rings. The first kappa shape index (κ1) is 17.6. The van der Waals surface area contributed by atoms with E-state index in [0.717, 1.165) is 5.56 Å². The molecular weight excluding hydrogens is 332 g/mol. The molecule has 0 bridgehead atoms. The molecule has 0 aromatic heterocycles. The molecule has 1 aromatic carbocycles. The summed E-state index contributed by atoms with van der Waals surface area (Å²) in [5.41, 5.74) is 0.0970. The van der Waals surface area contributed by atoms with Crippen LogP contribution in [0.4, 0.5) is 13.6 Å². The highest BCUT2D eigenvalue weighted by atomic mass is 19.3. The number of rotatable bonds is 4. The Kier molecular flexibility index (Phi) is 4.67. The average Bonchev–Trinajstić information content (AvgIpc) is 2.93. The summed E-state index contributed by atoms with van der Waals surface area (Å²) in [5, 5.41) is 0. The molecule has 0 N–H and O–H groups in total. The Bertz CT molecular complexity index is 642. The van der Waals surface area contributed by atoms with Gasteiger partial charge in [0.15, 0.2) is 0 Å². The highest BCUT2D eigenvalue weighted by molar-refractivity contribution is 5.82. The Hall–Kier alpha value is -2.18. The first-order chi connectivity index (χ1) is 11.8. The van der Waals surface area contributed by atoms with Gasteiger partial charge in [0.25, 0.3) is 0 Å². The number of benzene rings is 1. The van der Waals surface area contributed by atoms with Crippen LogP contribution in [0.5, 0.6) is 0 Å². The van der Waals surface area contributed by atoms with Crippen LogP contribution in [0.2, 0.25) is 0 Å². The number of carbonyl (C=O) groups excluding carboxylic acids is 2. The van der Waals surface area contributed by atoms with Crippen molar-refractivity contribution in [2.75, 3.05) is 13.2 Å². The van der Waals surface area contributed by atoms with Crippen molar-refractivity contribution in [3.63, 3.8) is 0 Å². The van der Waals surface area contributed by atoms with Crippen molar-refractivity contribution in [2.24, 2.45) is 5.41 Å². The number of hydrogen-bond donors (Lipinski definition) is 0. The molecule has 3 rings (SSSR count). The maximum Gasteiger partial charge on any atom is 0.410 e. The molecule has 2 aliphatic rings. The summed E-state index contributed by atoms with van der Waals surface area (Å²) in [5.74, 6) is -3.28. The molecule has 1 spiro atoms. The van der Waals surface area contributed by atoms with Gasteiger partial charge in [0, 0.05) is 24.8 Å². The largest absolute Gasteiger partial charge is 0.464 e. The maximum absolute atomic E-state index is 13.4. The SMILES string of the molecule is CCOC(=O)C1CC2(CN1C(=O)OCc1ccccc1)CC(F)(F)C2. The predicted molar refractivity (Wildman–Crippen MR) is 85.0 cm³/mol. The van der Waals surface area contributed by atoms with Gasteiger partial charge in [-0.25, -0.2) is 18.4 Å². The van der Waals surface area contributed by atoms with Crippen LogP contribution in [0.1, 0.15) is 31.7 Å². The zero-order chi connectivity index (χ0) is 18.1. The van der Waals surface area contributed by atoms with E-state index in [1.165, 1.54) is 4.90 Å². The average molecular weight is 353 g/mol.